The molecule has 0 aliphatic carbocycles. The van der Waals surface area contributed by atoms with Gasteiger partial charge in [-0.15, -0.1) is 0 Å². The Kier molecular flexibility index (Phi) is 6.07. The van der Waals surface area contributed by atoms with Gasteiger partial charge >= 0.3 is 0 Å². The van der Waals surface area contributed by atoms with E-state index in [1.165, 1.54) is 0 Å². The lowest BCUT2D eigenvalue weighted by Crippen LogP contribution is -2.43. The number of hydrogen-bond acceptors (Lipinski definition) is 4. The monoisotopic (exact) mass is 367 g/mol. The number of nitrogens with zero attached hydrogens (tertiary/aromatic N) is 1. The summed E-state index contributed by atoms with van der Waals surface area (Å²) in [5.74, 6) is -0.0146. The zero-order valence-electron chi connectivity index (χ0n) is 14.7. The number of aliphatic hydroxyl groups is 1. The summed E-state index contributed by atoms with van der Waals surface area (Å²) in [7, 11) is -3.38. The van der Waals surface area contributed by atoms with Crippen LogP contribution < -0.4 is 10.0 Å². The van der Waals surface area contributed by atoms with Gasteiger partial charge in [-0.3, -0.25) is 9.52 Å². The van der Waals surface area contributed by atoms with E-state index in [1.807, 2.05) is 19.9 Å². The van der Waals surface area contributed by atoms with E-state index in [1.54, 1.807) is 29.0 Å². The Morgan fingerprint density at radius 2 is 2.04 bits per heavy atom. The summed E-state index contributed by atoms with van der Waals surface area (Å²) in [4.78, 5) is 12.3. The molecule has 0 saturated heterocycles. The number of hydrogen-bond donors (Lipinski definition) is 3. The van der Waals surface area contributed by atoms with Crippen molar-refractivity contribution in [2.75, 3.05) is 17.6 Å². The number of fused-ring (bicyclic) bond motifs is 1. The molecule has 7 nitrogen and oxygen atoms in total. The molecule has 138 valence electrons. The third-order valence-electron chi connectivity index (χ3n) is 4.30. The van der Waals surface area contributed by atoms with Crippen LogP contribution in [0.4, 0.5) is 5.69 Å². The molecule has 0 unspecified atom stereocenters. The van der Waals surface area contributed by atoms with E-state index >= 15 is 0 Å². The first-order chi connectivity index (χ1) is 11.7. The van der Waals surface area contributed by atoms with Crippen LogP contribution in [-0.2, 0) is 21.4 Å². The third kappa shape index (κ3) is 4.96. The van der Waals surface area contributed by atoms with Crippen LogP contribution >= 0.6 is 0 Å². The van der Waals surface area contributed by atoms with Gasteiger partial charge in [0.15, 0.2) is 0 Å². The van der Waals surface area contributed by atoms with Gasteiger partial charge in [-0.05, 0) is 24.1 Å². The molecular weight excluding hydrogens is 342 g/mol. The van der Waals surface area contributed by atoms with Gasteiger partial charge in [0.1, 0.15) is 6.54 Å². The fraction of sp³-hybridized carbons (Fsp3) is 0.471. The van der Waals surface area contributed by atoms with E-state index in [0.717, 1.165) is 23.6 Å². The molecule has 25 heavy (non-hydrogen) atoms. The van der Waals surface area contributed by atoms with E-state index < -0.39 is 10.0 Å². The van der Waals surface area contributed by atoms with Crippen molar-refractivity contribution in [1.29, 1.82) is 0 Å². The van der Waals surface area contributed by atoms with Crippen LogP contribution in [-0.4, -0.2) is 42.9 Å². The summed E-state index contributed by atoms with van der Waals surface area (Å²) in [5.41, 5.74) is 1.24. The minimum Gasteiger partial charge on any atom is -0.394 e. The molecule has 2 aromatic rings. The third-order valence-corrected chi connectivity index (χ3v) is 4.89. The fourth-order valence-corrected chi connectivity index (χ4v) is 3.29. The Balaban J connectivity index is 2.19. The van der Waals surface area contributed by atoms with Crippen LogP contribution in [0.3, 0.4) is 0 Å². The van der Waals surface area contributed by atoms with Gasteiger partial charge in [-0.1, -0.05) is 26.3 Å². The highest BCUT2D eigenvalue weighted by Gasteiger charge is 2.18. The maximum atomic E-state index is 12.3. The molecule has 2 atom stereocenters. The van der Waals surface area contributed by atoms with E-state index in [4.69, 9.17) is 0 Å². The van der Waals surface area contributed by atoms with E-state index in [9.17, 15) is 18.3 Å². The summed E-state index contributed by atoms with van der Waals surface area (Å²) >= 11 is 0. The van der Waals surface area contributed by atoms with Gasteiger partial charge in [0, 0.05) is 11.6 Å². The Morgan fingerprint density at radius 3 is 2.64 bits per heavy atom. The molecule has 1 aromatic heterocycles. The van der Waals surface area contributed by atoms with Gasteiger partial charge in [-0.25, -0.2) is 8.42 Å². The molecule has 1 aromatic carbocycles. The van der Waals surface area contributed by atoms with Crippen LogP contribution in [0.1, 0.15) is 20.3 Å². The number of aromatic nitrogens is 1. The molecule has 1 amide bonds. The number of anilines is 1. The van der Waals surface area contributed by atoms with Crippen LogP contribution in [0, 0.1) is 5.92 Å². The summed E-state index contributed by atoms with van der Waals surface area (Å²) in [6.07, 6.45) is 3.70. The predicted molar refractivity (Wildman–Crippen MR) is 98.9 cm³/mol. The summed E-state index contributed by atoms with van der Waals surface area (Å²) < 4.78 is 27.2. The maximum absolute atomic E-state index is 12.3. The van der Waals surface area contributed by atoms with Gasteiger partial charge in [0.25, 0.3) is 0 Å². The van der Waals surface area contributed by atoms with Crippen molar-refractivity contribution in [1.82, 2.24) is 9.88 Å². The van der Waals surface area contributed by atoms with Crippen LogP contribution in [0.15, 0.2) is 30.5 Å². The SMILES string of the molecule is CC[C@@H](C)[C@H](CO)NC(=O)Cn1ccc2c(NS(C)(=O)=O)cccc21. The lowest BCUT2D eigenvalue weighted by atomic mass is 10.00. The van der Waals surface area contributed by atoms with Crippen molar-refractivity contribution in [2.45, 2.75) is 32.9 Å². The summed E-state index contributed by atoms with van der Waals surface area (Å²) in [6, 6.07) is 6.74. The molecule has 0 aliphatic heterocycles. The Morgan fingerprint density at radius 1 is 1.32 bits per heavy atom. The zero-order chi connectivity index (χ0) is 18.6. The quantitative estimate of drug-likeness (QED) is 0.659. The smallest absolute Gasteiger partial charge is 0.240 e. The Labute approximate surface area is 148 Å². The predicted octanol–water partition coefficient (Wildman–Crippen LogP) is 1.54. The van der Waals surface area contributed by atoms with Crippen molar-refractivity contribution < 1.29 is 18.3 Å². The first-order valence-electron chi connectivity index (χ1n) is 8.21. The van der Waals surface area contributed by atoms with Crippen molar-refractivity contribution in [2.24, 2.45) is 5.92 Å². The first kappa shape index (κ1) is 19.3. The van der Waals surface area contributed by atoms with Gasteiger partial charge in [0.05, 0.1) is 30.1 Å². The summed E-state index contributed by atoms with van der Waals surface area (Å²) in [6.45, 7) is 3.99. The molecule has 0 aliphatic rings. The molecule has 0 radical (unpaired) electrons. The average molecular weight is 367 g/mol. The van der Waals surface area contributed by atoms with Gasteiger partial charge in [-0.2, -0.15) is 0 Å². The molecule has 3 N–H and O–H groups in total. The molecular formula is C17H25N3O4S. The highest BCUT2D eigenvalue weighted by molar-refractivity contribution is 7.92. The number of rotatable bonds is 8. The molecule has 2 rings (SSSR count). The molecule has 0 bridgehead atoms. The normalized spacial score (nSPS) is 14.2. The topological polar surface area (TPSA) is 100 Å². The number of nitrogens with one attached hydrogen (secondary N) is 2. The molecule has 8 heteroatoms. The molecule has 0 spiro atoms. The highest BCUT2D eigenvalue weighted by Crippen LogP contribution is 2.25. The number of carbonyl (C=O) groups excluding carboxylic acids is 1. The second kappa shape index (κ2) is 7.88. The highest BCUT2D eigenvalue weighted by atomic mass is 32.2. The Hall–Kier alpha value is -2.06. The number of sulfonamides is 1. The van der Waals surface area contributed by atoms with Crippen molar-refractivity contribution in [3.63, 3.8) is 0 Å². The molecule has 0 saturated carbocycles. The van der Waals surface area contributed by atoms with Crippen LogP contribution in [0.2, 0.25) is 0 Å². The van der Waals surface area contributed by atoms with Crippen molar-refractivity contribution in [3.8, 4) is 0 Å². The van der Waals surface area contributed by atoms with Gasteiger partial charge in [0.2, 0.25) is 15.9 Å². The van der Waals surface area contributed by atoms with E-state index in [2.05, 4.69) is 10.0 Å². The minimum absolute atomic E-state index is 0.0960. The standard InChI is InChI=1S/C17H25N3O4S/c1-4-12(2)15(11-21)18-17(22)10-20-9-8-13-14(19-25(3,23)24)6-5-7-16(13)20/h5-9,12,15,19,21H,4,10-11H2,1-3H3,(H,18,22)/t12-,15+/m1/s1. The maximum Gasteiger partial charge on any atom is 0.240 e. The first-order valence-corrected chi connectivity index (χ1v) is 10.1. The second-order valence-electron chi connectivity index (χ2n) is 6.30. The lowest BCUT2D eigenvalue weighted by molar-refractivity contribution is -0.123. The van der Waals surface area contributed by atoms with Crippen LogP contribution in [0.5, 0.6) is 0 Å². The Bertz CT molecular complexity index is 845. The number of carbonyl (C=O) groups is 1. The minimum atomic E-state index is -3.38. The second-order valence-corrected chi connectivity index (χ2v) is 8.05. The van der Waals surface area contributed by atoms with E-state index in [0.29, 0.717) is 5.69 Å². The van der Waals surface area contributed by atoms with E-state index in [-0.39, 0.29) is 31.0 Å². The van der Waals surface area contributed by atoms with Crippen molar-refractivity contribution >= 4 is 32.5 Å². The number of benzene rings is 1. The average Bonchev–Trinajstić information content (AvgIpc) is 2.94. The largest absolute Gasteiger partial charge is 0.394 e. The van der Waals surface area contributed by atoms with Crippen molar-refractivity contribution in [3.05, 3.63) is 30.5 Å². The zero-order valence-corrected chi connectivity index (χ0v) is 15.5. The van der Waals surface area contributed by atoms with Gasteiger partial charge < -0.3 is 15.0 Å². The van der Waals surface area contributed by atoms with Crippen LogP contribution in [0.25, 0.3) is 10.9 Å². The fourth-order valence-electron chi connectivity index (χ4n) is 2.71. The molecule has 1 heterocycles. The summed E-state index contributed by atoms with van der Waals surface area (Å²) in [5, 5.41) is 13.0. The lowest BCUT2D eigenvalue weighted by Gasteiger charge is -2.22. The number of amides is 1. The number of aliphatic hydroxyl groups excluding tert-OH is 1. The molecule has 0 fully saturated rings.